The Labute approximate surface area is 202 Å². The highest BCUT2D eigenvalue weighted by atomic mass is 16.5. The van der Waals surface area contributed by atoms with Gasteiger partial charge in [-0.3, -0.25) is 15.5 Å². The molecule has 5 heteroatoms. The molecule has 178 valence electrons. The van der Waals surface area contributed by atoms with Crippen molar-refractivity contribution in [3.05, 3.63) is 77.5 Å². The Morgan fingerprint density at radius 3 is 2.50 bits per heavy atom. The number of ketones is 1. The van der Waals surface area contributed by atoms with Crippen LogP contribution in [0.4, 0.5) is 0 Å². The van der Waals surface area contributed by atoms with E-state index in [4.69, 9.17) is 5.21 Å². The van der Waals surface area contributed by atoms with Crippen LogP contribution in [0.3, 0.4) is 0 Å². The van der Waals surface area contributed by atoms with Crippen LogP contribution >= 0.6 is 0 Å². The van der Waals surface area contributed by atoms with Gasteiger partial charge in [-0.1, -0.05) is 69.3 Å². The van der Waals surface area contributed by atoms with Gasteiger partial charge in [0.2, 0.25) is 0 Å². The van der Waals surface area contributed by atoms with E-state index in [1.807, 2.05) is 18.2 Å². The van der Waals surface area contributed by atoms with Gasteiger partial charge >= 0.3 is 0 Å². The lowest BCUT2D eigenvalue weighted by molar-refractivity contribution is 0.0642. The number of hydroxylamine groups is 1. The molecule has 1 unspecified atom stereocenters. The van der Waals surface area contributed by atoms with Crippen LogP contribution in [0.1, 0.15) is 60.3 Å². The van der Waals surface area contributed by atoms with Crippen LogP contribution in [0.2, 0.25) is 0 Å². The van der Waals surface area contributed by atoms with E-state index in [0.29, 0.717) is 18.0 Å². The van der Waals surface area contributed by atoms with Crippen molar-refractivity contribution in [3.8, 4) is 0 Å². The third-order valence-corrected chi connectivity index (χ3v) is 7.88. The first-order valence-corrected chi connectivity index (χ1v) is 12.4. The number of fused-ring (bicyclic) bond motifs is 3. The zero-order valence-corrected chi connectivity index (χ0v) is 20.3. The lowest BCUT2D eigenvalue weighted by Gasteiger charge is -2.41. The van der Waals surface area contributed by atoms with E-state index in [2.05, 4.69) is 65.7 Å². The Morgan fingerprint density at radius 2 is 1.79 bits per heavy atom. The van der Waals surface area contributed by atoms with Crippen LogP contribution in [0.15, 0.2) is 55.1 Å². The van der Waals surface area contributed by atoms with Gasteiger partial charge in [0.25, 0.3) is 0 Å². The van der Waals surface area contributed by atoms with Crippen molar-refractivity contribution in [2.75, 3.05) is 19.6 Å². The zero-order chi connectivity index (χ0) is 23.9. The van der Waals surface area contributed by atoms with Crippen molar-refractivity contribution in [3.63, 3.8) is 0 Å². The minimum atomic E-state index is -0.0952. The van der Waals surface area contributed by atoms with Crippen molar-refractivity contribution in [1.29, 1.82) is 0 Å². The quantitative estimate of drug-likeness (QED) is 0.480. The van der Waals surface area contributed by atoms with E-state index in [9.17, 15) is 4.79 Å². The summed E-state index contributed by atoms with van der Waals surface area (Å²) in [5.41, 5.74) is 7.72. The smallest absolute Gasteiger partial charge is 0.170 e. The molecule has 0 amide bonds. The first-order valence-electron chi connectivity index (χ1n) is 12.4. The molecule has 2 N–H and O–H groups in total. The third-order valence-electron chi connectivity index (χ3n) is 7.88. The van der Waals surface area contributed by atoms with Gasteiger partial charge in [0.15, 0.2) is 5.78 Å². The average Bonchev–Trinajstić information content (AvgIpc) is 3.15. The van der Waals surface area contributed by atoms with Crippen molar-refractivity contribution < 1.29 is 10.0 Å². The number of hydrogen-bond acceptors (Lipinski definition) is 4. The summed E-state index contributed by atoms with van der Waals surface area (Å²) in [6.45, 7) is 12.2. The summed E-state index contributed by atoms with van der Waals surface area (Å²) in [6, 6.07) is 16.4. The number of para-hydroxylation sites is 1. The zero-order valence-electron chi connectivity index (χ0n) is 20.3. The summed E-state index contributed by atoms with van der Waals surface area (Å²) in [7, 11) is 0. The number of benzene rings is 2. The molecular formula is C29H35N3O2. The Bertz CT molecular complexity index is 1220. The van der Waals surface area contributed by atoms with Crippen molar-refractivity contribution in [2.45, 2.75) is 46.1 Å². The van der Waals surface area contributed by atoms with Crippen molar-refractivity contribution in [1.82, 2.24) is 14.9 Å². The summed E-state index contributed by atoms with van der Waals surface area (Å²) in [5.74, 6) is 0.334. The number of carbonyl (C=O) groups excluding carboxylic acids is 1. The number of nitrogens with one attached hydrogen (secondary N) is 1. The molecule has 2 aliphatic rings. The Balaban J connectivity index is 1.53. The molecule has 1 aliphatic carbocycles. The number of rotatable bonds is 6. The van der Waals surface area contributed by atoms with E-state index in [1.54, 1.807) is 0 Å². The second kappa shape index (κ2) is 9.05. The van der Waals surface area contributed by atoms with E-state index in [-0.39, 0.29) is 11.3 Å². The molecule has 5 nitrogen and oxygen atoms in total. The number of nitrogens with zero attached hydrogens (tertiary/aromatic N) is 2. The second-order valence-corrected chi connectivity index (χ2v) is 10.7. The fourth-order valence-electron chi connectivity index (χ4n) is 5.87. The van der Waals surface area contributed by atoms with Gasteiger partial charge in [-0.2, -0.15) is 0 Å². The number of piperidine rings is 1. The highest BCUT2D eigenvalue weighted by molar-refractivity contribution is 6.11. The van der Waals surface area contributed by atoms with E-state index in [0.717, 1.165) is 59.3 Å². The molecular weight excluding hydrogens is 422 g/mol. The molecule has 2 aromatic carbocycles. The lowest BCUT2D eigenvalue weighted by atomic mass is 9.67. The number of aromatic nitrogens is 1. The van der Waals surface area contributed by atoms with Crippen molar-refractivity contribution >= 4 is 22.4 Å². The van der Waals surface area contributed by atoms with Gasteiger partial charge in [-0.15, -0.1) is 0 Å². The molecule has 1 atom stereocenters. The maximum atomic E-state index is 14.1. The van der Waals surface area contributed by atoms with Gasteiger partial charge in [0, 0.05) is 41.2 Å². The summed E-state index contributed by atoms with van der Waals surface area (Å²) >= 11 is 0. The van der Waals surface area contributed by atoms with Crippen LogP contribution in [0.5, 0.6) is 0 Å². The van der Waals surface area contributed by atoms with Gasteiger partial charge in [-0.05, 0) is 55.0 Å². The van der Waals surface area contributed by atoms with Crippen molar-refractivity contribution in [2.24, 2.45) is 11.3 Å². The predicted molar refractivity (Wildman–Crippen MR) is 137 cm³/mol. The minimum absolute atomic E-state index is 0.0219. The lowest BCUT2D eigenvalue weighted by Crippen LogP contribution is -2.46. The minimum Gasteiger partial charge on any atom is -0.339 e. The molecule has 0 spiro atoms. The number of Topliss-reactive ketones (excluding diaryl/α,β-unsaturated/α-hetero) is 1. The van der Waals surface area contributed by atoms with Gasteiger partial charge < -0.3 is 9.47 Å². The highest BCUT2D eigenvalue weighted by Gasteiger charge is 2.44. The molecule has 0 bridgehead atoms. The predicted octanol–water partition coefficient (Wildman–Crippen LogP) is 5.51. The first kappa shape index (κ1) is 22.9. The molecule has 5 rings (SSSR count). The Morgan fingerprint density at radius 1 is 1.09 bits per heavy atom. The standard InChI is InChI=1S/C29H35N3O2/c1-20(30-34)22-13-11-21(12-14-22)18-32-25-10-6-5-9-23(25)27-26(32)17-29(2,3)24(28(27)33)19-31-15-7-4-8-16-31/h5-6,9-14,24,30,34H,1,4,7-8,15-19H2,2-3H3. The topological polar surface area (TPSA) is 57.5 Å². The Hall–Kier alpha value is -2.89. The summed E-state index contributed by atoms with van der Waals surface area (Å²) in [4.78, 5) is 16.6. The van der Waals surface area contributed by atoms with E-state index >= 15 is 0 Å². The average molecular weight is 458 g/mol. The molecule has 34 heavy (non-hydrogen) atoms. The Kier molecular flexibility index (Phi) is 6.09. The SMILES string of the molecule is C=C(NO)c1ccc(Cn2c3c(c4ccccc42)C(=O)C(CN2CCCCC2)C(C)(C)C3)cc1. The van der Waals surface area contributed by atoms with Gasteiger partial charge in [0.1, 0.15) is 0 Å². The fourth-order valence-corrected chi connectivity index (χ4v) is 5.87. The van der Waals surface area contributed by atoms with E-state index < -0.39 is 0 Å². The monoisotopic (exact) mass is 457 g/mol. The largest absolute Gasteiger partial charge is 0.339 e. The molecule has 3 aromatic rings. The fraction of sp³-hybridized carbons (Fsp3) is 0.414. The molecule has 1 aromatic heterocycles. The number of likely N-dealkylation sites (tertiary alicyclic amines) is 1. The van der Waals surface area contributed by atoms with E-state index in [1.165, 1.54) is 19.3 Å². The van der Waals surface area contributed by atoms with Gasteiger partial charge in [-0.25, -0.2) is 0 Å². The van der Waals surface area contributed by atoms with Crippen LogP contribution < -0.4 is 5.48 Å². The molecule has 1 saturated heterocycles. The molecule has 0 radical (unpaired) electrons. The number of carbonyl (C=O) groups is 1. The first-order chi connectivity index (χ1) is 16.4. The molecule has 0 saturated carbocycles. The van der Waals surface area contributed by atoms with Crippen LogP contribution in [0.25, 0.3) is 16.6 Å². The van der Waals surface area contributed by atoms with Crippen LogP contribution in [-0.4, -0.2) is 40.1 Å². The molecule has 1 aliphatic heterocycles. The van der Waals surface area contributed by atoms with Crippen LogP contribution in [0, 0.1) is 11.3 Å². The highest BCUT2D eigenvalue weighted by Crippen LogP contribution is 2.44. The third kappa shape index (κ3) is 4.08. The maximum absolute atomic E-state index is 14.1. The summed E-state index contributed by atoms with van der Waals surface area (Å²) in [6.07, 6.45) is 4.69. The molecule has 1 fully saturated rings. The van der Waals surface area contributed by atoms with Crippen LogP contribution in [-0.2, 0) is 13.0 Å². The number of hydrogen-bond donors (Lipinski definition) is 2. The molecule has 2 heterocycles. The second-order valence-electron chi connectivity index (χ2n) is 10.7. The normalized spacial score (nSPS) is 20.3. The summed E-state index contributed by atoms with van der Waals surface area (Å²) in [5, 5.41) is 10.2. The summed E-state index contributed by atoms with van der Waals surface area (Å²) < 4.78 is 2.34. The van der Waals surface area contributed by atoms with Gasteiger partial charge in [0.05, 0.1) is 5.70 Å². The maximum Gasteiger partial charge on any atom is 0.170 e.